The van der Waals surface area contributed by atoms with Crippen molar-refractivity contribution in [2.24, 2.45) is 11.8 Å². The van der Waals surface area contributed by atoms with Gasteiger partial charge in [-0.25, -0.2) is 0 Å². The summed E-state index contributed by atoms with van der Waals surface area (Å²) in [6, 6.07) is 22.1. The van der Waals surface area contributed by atoms with E-state index < -0.39 is 0 Å². The van der Waals surface area contributed by atoms with Crippen molar-refractivity contribution in [1.82, 2.24) is 9.80 Å². The zero-order chi connectivity index (χ0) is 25.4. The molecule has 0 bridgehead atoms. The van der Waals surface area contributed by atoms with Gasteiger partial charge in [-0.15, -0.1) is 24.8 Å². The fourth-order valence-corrected chi connectivity index (χ4v) is 6.68. The van der Waals surface area contributed by atoms with Crippen LogP contribution >= 0.6 is 24.8 Å². The van der Waals surface area contributed by atoms with Crippen LogP contribution in [-0.2, 0) is 12.8 Å². The van der Waals surface area contributed by atoms with Gasteiger partial charge in [0.05, 0.1) is 0 Å². The molecule has 2 fully saturated rings. The molecular formula is C35H56Cl2N2. The summed E-state index contributed by atoms with van der Waals surface area (Å²) in [5, 5.41) is 0. The summed E-state index contributed by atoms with van der Waals surface area (Å²) in [6.45, 7) is 8.07. The van der Waals surface area contributed by atoms with Crippen LogP contribution in [0.5, 0.6) is 0 Å². The molecule has 2 aromatic rings. The Morgan fingerprint density at radius 1 is 0.462 bits per heavy atom. The van der Waals surface area contributed by atoms with Crippen molar-refractivity contribution in [1.29, 1.82) is 0 Å². The zero-order valence-electron chi connectivity index (χ0n) is 24.5. The molecule has 0 unspecified atom stereocenters. The minimum Gasteiger partial charge on any atom is -0.303 e. The number of nitrogens with zero attached hydrogens (tertiary/aromatic N) is 2. The van der Waals surface area contributed by atoms with E-state index in [2.05, 4.69) is 70.5 Å². The molecule has 0 aromatic heterocycles. The molecule has 2 nitrogen and oxygen atoms in total. The molecule has 2 aliphatic rings. The van der Waals surface area contributed by atoms with Crippen LogP contribution < -0.4 is 0 Å². The molecule has 0 saturated carbocycles. The predicted octanol–water partition coefficient (Wildman–Crippen LogP) is 9.25. The molecule has 0 atom stereocenters. The Kier molecular flexibility index (Phi) is 18.2. The van der Waals surface area contributed by atoms with E-state index in [0.717, 1.165) is 11.8 Å². The highest BCUT2D eigenvalue weighted by Gasteiger charge is 2.19. The Morgan fingerprint density at radius 2 is 0.821 bits per heavy atom. The van der Waals surface area contributed by atoms with Gasteiger partial charge in [0.25, 0.3) is 0 Å². The SMILES string of the molecule is Cl.Cl.c1ccc(CCCC2CCN(CCCCCCCN3CCC(CCCc4ccccc4)CC3)CC2)cc1. The lowest BCUT2D eigenvalue weighted by molar-refractivity contribution is 0.171. The van der Waals surface area contributed by atoms with Crippen molar-refractivity contribution in [3.05, 3.63) is 71.8 Å². The molecule has 2 aliphatic heterocycles. The van der Waals surface area contributed by atoms with E-state index in [1.54, 1.807) is 0 Å². The molecular weight excluding hydrogens is 519 g/mol. The van der Waals surface area contributed by atoms with Gasteiger partial charge in [0.15, 0.2) is 0 Å². The number of likely N-dealkylation sites (tertiary alicyclic amines) is 2. The molecule has 0 spiro atoms. The Labute approximate surface area is 253 Å². The fraction of sp³-hybridized carbons (Fsp3) is 0.657. The lowest BCUT2D eigenvalue weighted by Gasteiger charge is -2.32. The predicted molar refractivity (Wildman–Crippen MR) is 175 cm³/mol. The van der Waals surface area contributed by atoms with Crippen LogP contribution in [0.4, 0.5) is 0 Å². The number of piperidine rings is 2. The van der Waals surface area contributed by atoms with Crippen LogP contribution in [0.1, 0.15) is 94.6 Å². The summed E-state index contributed by atoms with van der Waals surface area (Å²) in [6.07, 6.45) is 20.9. The van der Waals surface area contributed by atoms with Gasteiger partial charge in [-0.2, -0.15) is 0 Å². The molecule has 4 heteroatoms. The quantitative estimate of drug-likeness (QED) is 0.184. The van der Waals surface area contributed by atoms with Gasteiger partial charge in [-0.3, -0.25) is 0 Å². The fourth-order valence-electron chi connectivity index (χ4n) is 6.68. The third kappa shape index (κ3) is 13.9. The first-order valence-corrected chi connectivity index (χ1v) is 15.9. The van der Waals surface area contributed by atoms with E-state index in [4.69, 9.17) is 0 Å². The molecule has 2 aromatic carbocycles. The molecule has 0 amide bonds. The molecule has 0 radical (unpaired) electrons. The van der Waals surface area contributed by atoms with Gasteiger partial charge >= 0.3 is 0 Å². The van der Waals surface area contributed by atoms with Crippen LogP contribution in [0.25, 0.3) is 0 Å². The van der Waals surface area contributed by atoms with Crippen LogP contribution in [-0.4, -0.2) is 49.1 Å². The second-order valence-electron chi connectivity index (χ2n) is 12.1. The first kappa shape index (κ1) is 34.1. The smallest absolute Gasteiger partial charge is 0.00161 e. The second-order valence-corrected chi connectivity index (χ2v) is 12.1. The summed E-state index contributed by atoms with van der Waals surface area (Å²) < 4.78 is 0. The van der Waals surface area contributed by atoms with E-state index in [9.17, 15) is 0 Å². The number of hydrogen-bond acceptors (Lipinski definition) is 2. The number of benzene rings is 2. The monoisotopic (exact) mass is 574 g/mol. The van der Waals surface area contributed by atoms with Crippen LogP contribution in [0.15, 0.2) is 60.7 Å². The van der Waals surface area contributed by atoms with Crippen LogP contribution in [0.3, 0.4) is 0 Å². The normalized spacial score (nSPS) is 17.4. The molecule has 4 rings (SSSR count). The number of rotatable bonds is 16. The van der Waals surface area contributed by atoms with Crippen LogP contribution in [0, 0.1) is 11.8 Å². The van der Waals surface area contributed by atoms with Gasteiger partial charge in [0.1, 0.15) is 0 Å². The van der Waals surface area contributed by atoms with E-state index in [0.29, 0.717) is 0 Å². The van der Waals surface area contributed by atoms with Crippen molar-refractivity contribution >= 4 is 24.8 Å². The Balaban J connectivity index is 0.00000267. The summed E-state index contributed by atoms with van der Waals surface area (Å²) in [5.41, 5.74) is 3.02. The molecule has 2 heterocycles. The highest BCUT2D eigenvalue weighted by atomic mass is 35.5. The third-order valence-electron chi connectivity index (χ3n) is 9.20. The van der Waals surface area contributed by atoms with Gasteiger partial charge in [0, 0.05) is 0 Å². The third-order valence-corrected chi connectivity index (χ3v) is 9.20. The number of halogens is 2. The van der Waals surface area contributed by atoms with Crippen molar-refractivity contribution in [2.75, 3.05) is 39.3 Å². The minimum atomic E-state index is 0. The van der Waals surface area contributed by atoms with Crippen molar-refractivity contribution in [2.45, 2.75) is 96.3 Å². The Hall–Kier alpha value is -1.06. The molecule has 220 valence electrons. The second kappa shape index (κ2) is 20.8. The molecule has 39 heavy (non-hydrogen) atoms. The summed E-state index contributed by atoms with van der Waals surface area (Å²) in [5.74, 6) is 1.94. The average Bonchev–Trinajstić information content (AvgIpc) is 2.95. The van der Waals surface area contributed by atoms with E-state index in [-0.39, 0.29) is 24.8 Å². The molecule has 0 aliphatic carbocycles. The Morgan fingerprint density at radius 3 is 1.21 bits per heavy atom. The van der Waals surface area contributed by atoms with Gasteiger partial charge in [-0.1, -0.05) is 92.8 Å². The lowest BCUT2D eigenvalue weighted by atomic mass is 9.90. The molecule has 0 N–H and O–H groups in total. The minimum absolute atomic E-state index is 0. The Bertz CT molecular complexity index is 746. The van der Waals surface area contributed by atoms with Crippen LogP contribution in [0.2, 0.25) is 0 Å². The van der Waals surface area contributed by atoms with Gasteiger partial charge < -0.3 is 9.80 Å². The maximum atomic E-state index is 2.75. The summed E-state index contributed by atoms with van der Waals surface area (Å²) in [4.78, 5) is 5.50. The number of hydrogen-bond donors (Lipinski definition) is 0. The van der Waals surface area contributed by atoms with E-state index in [1.807, 2.05) is 0 Å². The number of unbranched alkanes of at least 4 members (excludes halogenated alkanes) is 4. The topological polar surface area (TPSA) is 6.48 Å². The maximum Gasteiger partial charge on any atom is -0.00161 e. The standard InChI is InChI=1S/C35H54N2.2ClH/c1(2-10-26-36-28-22-34(23-29-36)20-12-18-32-14-6-4-7-15-32)3-11-27-37-30-24-35(25-31-37)21-13-19-33-16-8-5-9-17-33;;/h4-9,14-17,34-35H,1-3,10-13,18-31H2;2*1H. The van der Waals surface area contributed by atoms with Crippen molar-refractivity contribution < 1.29 is 0 Å². The largest absolute Gasteiger partial charge is 0.303 e. The maximum absolute atomic E-state index is 2.75. The average molecular weight is 576 g/mol. The highest BCUT2D eigenvalue weighted by molar-refractivity contribution is 5.85. The first-order valence-electron chi connectivity index (χ1n) is 15.9. The zero-order valence-corrected chi connectivity index (χ0v) is 26.1. The van der Waals surface area contributed by atoms with Crippen molar-refractivity contribution in [3.8, 4) is 0 Å². The first-order chi connectivity index (χ1) is 18.3. The van der Waals surface area contributed by atoms with Gasteiger partial charge in [-0.05, 0) is 126 Å². The number of aryl methyl sites for hydroxylation is 2. The van der Waals surface area contributed by atoms with Gasteiger partial charge in [0.2, 0.25) is 0 Å². The molecule has 2 saturated heterocycles. The lowest BCUT2D eigenvalue weighted by Crippen LogP contribution is -2.34. The van der Waals surface area contributed by atoms with Crippen molar-refractivity contribution in [3.63, 3.8) is 0 Å². The summed E-state index contributed by atoms with van der Waals surface area (Å²) >= 11 is 0. The highest BCUT2D eigenvalue weighted by Crippen LogP contribution is 2.24. The summed E-state index contributed by atoms with van der Waals surface area (Å²) in [7, 11) is 0. The van der Waals surface area contributed by atoms with E-state index >= 15 is 0 Å². The van der Waals surface area contributed by atoms with E-state index in [1.165, 1.54) is 147 Å².